The molecule has 4 rings (SSSR count). The fraction of sp³-hybridized carbons (Fsp3) is 0.143. The van der Waals surface area contributed by atoms with Crippen LogP contribution in [-0.2, 0) is 9.73 Å². The van der Waals surface area contributed by atoms with E-state index >= 15 is 0 Å². The molecule has 0 saturated heterocycles. The highest BCUT2D eigenvalue weighted by atomic mass is 32.2. The maximum Gasteiger partial charge on any atom is 0.229 e. The zero-order chi connectivity index (χ0) is 19.7. The molecule has 2 aromatic carbocycles. The van der Waals surface area contributed by atoms with Gasteiger partial charge in [0.25, 0.3) is 0 Å². The normalized spacial score (nSPS) is 11.5. The molecule has 2 aromatic heterocycles. The topological polar surface area (TPSA) is 72.2 Å². The Labute approximate surface area is 164 Å². The molecule has 0 aliphatic rings. The van der Waals surface area contributed by atoms with E-state index in [-0.39, 0.29) is 0 Å². The van der Waals surface area contributed by atoms with Crippen LogP contribution in [0.3, 0.4) is 0 Å². The minimum atomic E-state index is -2.18. The van der Waals surface area contributed by atoms with Crippen molar-refractivity contribution in [3.63, 3.8) is 0 Å². The van der Waals surface area contributed by atoms with Crippen LogP contribution in [0, 0.1) is 6.92 Å². The summed E-state index contributed by atoms with van der Waals surface area (Å²) >= 11 is 0. The standard InChI is InChI=1S/C21H21N5OS/c1-15-14-22-21(23-17-8-10-18(11-9-17)25-28(2,3)27)24-20(15)26-13-12-16-6-4-5-7-19(16)26/h4-14H,1-3H3,(H,22,23,24). The summed E-state index contributed by atoms with van der Waals surface area (Å²) in [6.07, 6.45) is 7.07. The number of hydrogen-bond acceptors (Lipinski definition) is 5. The SMILES string of the molecule is Cc1cnc(Nc2ccc(N=S(C)(C)=O)cc2)nc1-n1ccc2ccccc21. The second-order valence-corrected chi connectivity index (χ2v) is 9.43. The fourth-order valence-electron chi connectivity index (χ4n) is 2.99. The lowest BCUT2D eigenvalue weighted by molar-refractivity contribution is 0.684. The van der Waals surface area contributed by atoms with Gasteiger partial charge in [0, 0.05) is 45.9 Å². The smallest absolute Gasteiger partial charge is 0.229 e. The van der Waals surface area contributed by atoms with Crippen LogP contribution in [0.2, 0.25) is 0 Å². The number of para-hydroxylation sites is 1. The molecule has 0 amide bonds. The molecule has 0 aliphatic heterocycles. The average Bonchev–Trinajstić information content (AvgIpc) is 3.08. The number of aryl methyl sites for hydroxylation is 1. The summed E-state index contributed by atoms with van der Waals surface area (Å²) in [5.41, 5.74) is 3.61. The molecule has 2 heterocycles. The summed E-state index contributed by atoms with van der Waals surface area (Å²) in [5.74, 6) is 1.35. The Hall–Kier alpha value is -3.19. The van der Waals surface area contributed by atoms with Gasteiger partial charge in [0.05, 0.1) is 11.2 Å². The molecule has 0 radical (unpaired) electrons. The van der Waals surface area contributed by atoms with Crippen molar-refractivity contribution in [3.05, 3.63) is 72.6 Å². The van der Waals surface area contributed by atoms with Crippen molar-refractivity contribution in [2.75, 3.05) is 17.8 Å². The van der Waals surface area contributed by atoms with E-state index in [1.165, 1.54) is 0 Å². The Morgan fingerprint density at radius 2 is 1.79 bits per heavy atom. The van der Waals surface area contributed by atoms with Gasteiger partial charge in [-0.3, -0.25) is 0 Å². The van der Waals surface area contributed by atoms with Crippen molar-refractivity contribution in [3.8, 4) is 5.82 Å². The largest absolute Gasteiger partial charge is 0.324 e. The quantitative estimate of drug-likeness (QED) is 0.541. The summed E-state index contributed by atoms with van der Waals surface area (Å²) in [6.45, 7) is 2.00. The molecule has 7 heteroatoms. The van der Waals surface area contributed by atoms with Crippen LogP contribution in [-0.4, -0.2) is 31.3 Å². The van der Waals surface area contributed by atoms with Crippen molar-refractivity contribution in [2.45, 2.75) is 6.92 Å². The minimum Gasteiger partial charge on any atom is -0.324 e. The molecule has 6 nitrogen and oxygen atoms in total. The third-order valence-corrected chi connectivity index (χ3v) is 4.87. The summed E-state index contributed by atoms with van der Waals surface area (Å²) < 4.78 is 18.1. The predicted octanol–water partition coefficient (Wildman–Crippen LogP) is 4.83. The third kappa shape index (κ3) is 3.89. The van der Waals surface area contributed by atoms with Gasteiger partial charge in [-0.2, -0.15) is 9.35 Å². The highest BCUT2D eigenvalue weighted by Gasteiger charge is 2.09. The first-order valence-corrected chi connectivity index (χ1v) is 11.2. The predicted molar refractivity (Wildman–Crippen MR) is 115 cm³/mol. The van der Waals surface area contributed by atoms with Gasteiger partial charge in [-0.15, -0.1) is 0 Å². The molecule has 28 heavy (non-hydrogen) atoms. The van der Waals surface area contributed by atoms with Gasteiger partial charge in [-0.1, -0.05) is 18.2 Å². The number of fused-ring (bicyclic) bond motifs is 1. The molecular formula is C21H21N5OS. The van der Waals surface area contributed by atoms with Crippen molar-refractivity contribution in [2.24, 2.45) is 4.36 Å². The minimum absolute atomic E-state index is 0.512. The van der Waals surface area contributed by atoms with Crippen LogP contribution in [0.1, 0.15) is 5.56 Å². The molecule has 0 fully saturated rings. The molecule has 0 aliphatic carbocycles. The van der Waals surface area contributed by atoms with Gasteiger partial charge in [-0.05, 0) is 48.7 Å². The highest BCUT2D eigenvalue weighted by Crippen LogP contribution is 2.23. The van der Waals surface area contributed by atoms with E-state index in [0.29, 0.717) is 11.6 Å². The van der Waals surface area contributed by atoms with Crippen LogP contribution in [0.25, 0.3) is 16.7 Å². The van der Waals surface area contributed by atoms with Gasteiger partial charge < -0.3 is 9.88 Å². The lowest BCUT2D eigenvalue weighted by Gasteiger charge is -2.11. The Bertz CT molecular complexity index is 1260. The number of nitrogens with one attached hydrogen (secondary N) is 1. The Kier molecular flexibility index (Phi) is 4.60. The Morgan fingerprint density at radius 3 is 2.54 bits per heavy atom. The average molecular weight is 392 g/mol. The van der Waals surface area contributed by atoms with E-state index in [1.54, 1.807) is 12.5 Å². The van der Waals surface area contributed by atoms with Crippen LogP contribution in [0.4, 0.5) is 17.3 Å². The first-order valence-electron chi connectivity index (χ1n) is 8.83. The third-order valence-electron chi connectivity index (χ3n) is 4.22. The van der Waals surface area contributed by atoms with Crippen LogP contribution in [0.15, 0.2) is 71.4 Å². The molecule has 1 N–H and O–H groups in total. The van der Waals surface area contributed by atoms with E-state index in [1.807, 2.05) is 55.7 Å². The molecule has 0 bridgehead atoms. The molecule has 0 unspecified atom stereocenters. The first-order chi connectivity index (χ1) is 13.4. The summed E-state index contributed by atoms with van der Waals surface area (Å²) in [7, 11) is -2.18. The van der Waals surface area contributed by atoms with Crippen LogP contribution >= 0.6 is 0 Å². The summed E-state index contributed by atoms with van der Waals surface area (Å²) in [5, 5.41) is 4.39. The highest BCUT2D eigenvalue weighted by molar-refractivity contribution is 7.92. The molecule has 4 aromatic rings. The monoisotopic (exact) mass is 391 g/mol. The van der Waals surface area contributed by atoms with Gasteiger partial charge in [-0.25, -0.2) is 9.19 Å². The Morgan fingerprint density at radius 1 is 1.04 bits per heavy atom. The zero-order valence-corrected chi connectivity index (χ0v) is 16.8. The zero-order valence-electron chi connectivity index (χ0n) is 16.0. The van der Waals surface area contributed by atoms with Gasteiger partial charge in [0.1, 0.15) is 5.82 Å². The van der Waals surface area contributed by atoms with E-state index in [4.69, 9.17) is 4.98 Å². The van der Waals surface area contributed by atoms with Crippen molar-refractivity contribution < 1.29 is 4.21 Å². The van der Waals surface area contributed by atoms with Crippen molar-refractivity contribution >= 4 is 38.0 Å². The second kappa shape index (κ2) is 7.09. The van der Waals surface area contributed by atoms with E-state index in [2.05, 4.69) is 37.4 Å². The van der Waals surface area contributed by atoms with Crippen LogP contribution < -0.4 is 5.32 Å². The maximum absolute atomic E-state index is 11.8. The van der Waals surface area contributed by atoms with Gasteiger partial charge in [0.2, 0.25) is 5.95 Å². The molecule has 0 atom stereocenters. The number of rotatable bonds is 4. The molecule has 142 valence electrons. The van der Waals surface area contributed by atoms with Gasteiger partial charge >= 0.3 is 0 Å². The summed E-state index contributed by atoms with van der Waals surface area (Å²) in [6, 6.07) is 17.7. The number of anilines is 2. The summed E-state index contributed by atoms with van der Waals surface area (Å²) in [4.78, 5) is 9.11. The number of benzene rings is 2. The number of nitrogens with zero attached hydrogens (tertiary/aromatic N) is 4. The van der Waals surface area contributed by atoms with E-state index in [0.717, 1.165) is 28.0 Å². The number of hydrogen-bond donors (Lipinski definition) is 1. The number of aromatic nitrogens is 3. The fourth-order valence-corrected chi connectivity index (χ4v) is 3.62. The van der Waals surface area contributed by atoms with Crippen molar-refractivity contribution in [1.29, 1.82) is 0 Å². The molecular weight excluding hydrogens is 370 g/mol. The van der Waals surface area contributed by atoms with Gasteiger partial charge in [0.15, 0.2) is 0 Å². The molecule has 0 spiro atoms. The van der Waals surface area contributed by atoms with E-state index < -0.39 is 9.73 Å². The second-order valence-electron chi connectivity index (χ2n) is 6.89. The van der Waals surface area contributed by atoms with Crippen LogP contribution in [0.5, 0.6) is 0 Å². The molecule has 0 saturated carbocycles. The maximum atomic E-state index is 11.8. The van der Waals surface area contributed by atoms with Crippen molar-refractivity contribution in [1.82, 2.24) is 14.5 Å². The lowest BCUT2D eigenvalue weighted by atomic mass is 10.2. The Balaban J connectivity index is 1.65. The van der Waals surface area contributed by atoms with E-state index in [9.17, 15) is 4.21 Å². The first kappa shape index (κ1) is 18.2. The lowest BCUT2D eigenvalue weighted by Crippen LogP contribution is -2.04.